The zero-order valence-corrected chi connectivity index (χ0v) is 37.5. The number of amides is 4. The van der Waals surface area contributed by atoms with Gasteiger partial charge < -0.3 is 25.3 Å². The molecule has 3 aromatic carbocycles. The second-order valence-electron chi connectivity index (χ2n) is 19.3. The minimum atomic E-state index is -0.603. The van der Waals surface area contributed by atoms with E-state index in [1.54, 1.807) is 29.2 Å². The molecule has 5 fully saturated rings. The van der Waals surface area contributed by atoms with Crippen molar-refractivity contribution < 1.29 is 23.6 Å². The van der Waals surface area contributed by atoms with Crippen molar-refractivity contribution in [1.29, 1.82) is 0 Å². The van der Waals surface area contributed by atoms with Gasteiger partial charge in [0.25, 0.3) is 17.4 Å². The molecule has 344 valence electrons. The molecular formula is C51H63FN8O5. The number of hydrogen-bond acceptors (Lipinski definition) is 8. The second-order valence-corrected chi connectivity index (χ2v) is 19.3. The Labute approximate surface area is 380 Å². The Hall–Kier alpha value is -5.47. The standard InChI is InChI=1S/C51H63FN8O5/c52-43-14-13-35(32-44-40-11-4-5-12-41(40)48(63)56-55-44)31-42(43)49(64)60-29-27-58(28-30-60)45(61)34-57-23-17-51(18-24-57)19-25-59(26-20-51)50(65)46(37-7-2-1-3-8-37)54-47(62)39-10-6-9-38(33-39)36-15-21-53-22-16-36/h4-6,9-14,31,33,36-37,46,53H,1-3,7-8,15-30,32,34H2,(H,54,62)(H,56,63)/t46-/m1/s1. The lowest BCUT2D eigenvalue weighted by molar-refractivity contribution is -0.139. The van der Waals surface area contributed by atoms with Crippen LogP contribution in [0.15, 0.2) is 71.5 Å². The van der Waals surface area contributed by atoms with Crippen LogP contribution in [0.1, 0.15) is 114 Å². The number of fused-ring (bicyclic) bond motifs is 1. The summed E-state index contributed by atoms with van der Waals surface area (Å²) in [4.78, 5) is 75.2. The fourth-order valence-corrected chi connectivity index (χ4v) is 11.2. The van der Waals surface area contributed by atoms with Crippen molar-refractivity contribution in [2.45, 2.75) is 89.0 Å². The molecule has 1 spiro atoms. The van der Waals surface area contributed by atoms with Gasteiger partial charge in [0.2, 0.25) is 11.8 Å². The summed E-state index contributed by atoms with van der Waals surface area (Å²) in [7, 11) is 0. The summed E-state index contributed by atoms with van der Waals surface area (Å²) >= 11 is 0. The Bertz CT molecular complexity index is 2420. The summed E-state index contributed by atoms with van der Waals surface area (Å²) in [5.74, 6) is -0.472. The minimum absolute atomic E-state index is 0.0198. The van der Waals surface area contributed by atoms with Gasteiger partial charge in [-0.05, 0) is 136 Å². The monoisotopic (exact) mass is 886 g/mol. The first-order valence-corrected chi connectivity index (χ1v) is 24.1. The molecule has 1 aromatic heterocycles. The average Bonchev–Trinajstić information content (AvgIpc) is 3.36. The fourth-order valence-electron chi connectivity index (χ4n) is 11.2. The van der Waals surface area contributed by atoms with Crippen LogP contribution in [0.3, 0.4) is 0 Å². The number of rotatable bonds is 10. The Morgan fingerprint density at radius 2 is 1.45 bits per heavy atom. The first-order valence-electron chi connectivity index (χ1n) is 24.1. The SMILES string of the molecule is O=C(N[C@@H](C(=O)N1CCC2(CCN(CC(=O)N3CCN(C(=O)c4cc(Cc5n[nH]c(=O)c6ccccc56)ccc4F)CC3)CC2)CC1)C1CCCCC1)c1cccc(C2CCNCC2)c1. The molecule has 4 aliphatic heterocycles. The molecule has 5 aliphatic rings. The summed E-state index contributed by atoms with van der Waals surface area (Å²) < 4.78 is 15.1. The molecule has 65 heavy (non-hydrogen) atoms. The lowest BCUT2D eigenvalue weighted by Gasteiger charge is -2.47. The Kier molecular flexibility index (Phi) is 13.7. The van der Waals surface area contributed by atoms with E-state index in [9.17, 15) is 24.0 Å². The average molecular weight is 887 g/mol. The van der Waals surface area contributed by atoms with Crippen LogP contribution in [0.5, 0.6) is 0 Å². The normalized spacial score (nSPS) is 20.5. The molecule has 1 atom stereocenters. The molecule has 3 N–H and O–H groups in total. The third-order valence-corrected chi connectivity index (χ3v) is 15.4. The van der Waals surface area contributed by atoms with Crippen molar-refractivity contribution in [3.63, 3.8) is 0 Å². The van der Waals surface area contributed by atoms with Gasteiger partial charge >= 0.3 is 0 Å². The van der Waals surface area contributed by atoms with Gasteiger partial charge in [0.15, 0.2) is 0 Å². The molecule has 4 amide bonds. The summed E-state index contributed by atoms with van der Waals surface area (Å²) in [6, 6.07) is 19.2. The summed E-state index contributed by atoms with van der Waals surface area (Å²) in [6.45, 7) is 6.69. The van der Waals surface area contributed by atoms with E-state index in [1.165, 1.54) is 18.1 Å². The number of H-pyrrole nitrogens is 1. The molecule has 1 saturated carbocycles. The quantitative estimate of drug-likeness (QED) is 0.189. The Balaban J connectivity index is 0.740. The lowest BCUT2D eigenvalue weighted by atomic mass is 9.71. The number of hydrogen-bond donors (Lipinski definition) is 3. The Morgan fingerprint density at radius 1 is 0.754 bits per heavy atom. The van der Waals surface area contributed by atoms with Crippen LogP contribution in [0.25, 0.3) is 10.8 Å². The topological polar surface area (TPSA) is 151 Å². The van der Waals surface area contributed by atoms with Crippen LogP contribution in [0, 0.1) is 17.2 Å². The van der Waals surface area contributed by atoms with E-state index in [0.717, 1.165) is 90.4 Å². The van der Waals surface area contributed by atoms with Crippen molar-refractivity contribution in [3.05, 3.63) is 111 Å². The van der Waals surface area contributed by atoms with Crippen molar-refractivity contribution in [3.8, 4) is 0 Å². The first kappa shape index (κ1) is 44.7. The van der Waals surface area contributed by atoms with Crippen LogP contribution in [0.2, 0.25) is 0 Å². The molecular weight excluding hydrogens is 824 g/mol. The number of nitrogens with one attached hydrogen (secondary N) is 3. The molecule has 0 bridgehead atoms. The highest BCUT2D eigenvalue weighted by atomic mass is 19.1. The maximum atomic E-state index is 15.1. The van der Waals surface area contributed by atoms with Gasteiger partial charge in [-0.25, -0.2) is 9.49 Å². The molecule has 14 heteroatoms. The van der Waals surface area contributed by atoms with Gasteiger partial charge in [0.05, 0.1) is 23.2 Å². The fraction of sp³-hybridized carbons (Fsp3) is 0.529. The van der Waals surface area contributed by atoms with Crippen molar-refractivity contribution in [2.75, 3.05) is 72.0 Å². The molecule has 1 aliphatic carbocycles. The van der Waals surface area contributed by atoms with Crippen LogP contribution < -0.4 is 16.2 Å². The van der Waals surface area contributed by atoms with Gasteiger partial charge in [0, 0.05) is 56.6 Å². The van der Waals surface area contributed by atoms with Crippen molar-refractivity contribution in [2.24, 2.45) is 11.3 Å². The van der Waals surface area contributed by atoms with Crippen LogP contribution in [-0.4, -0.2) is 131 Å². The number of carbonyl (C=O) groups excluding carboxylic acids is 4. The number of nitrogens with zero attached hydrogens (tertiary/aromatic N) is 5. The molecule has 0 unspecified atom stereocenters. The number of aromatic nitrogens is 2. The summed E-state index contributed by atoms with van der Waals surface area (Å²) in [6.07, 6.45) is 11.5. The van der Waals surface area contributed by atoms with Gasteiger partial charge in [-0.1, -0.05) is 55.7 Å². The van der Waals surface area contributed by atoms with Crippen LogP contribution in [-0.2, 0) is 16.0 Å². The van der Waals surface area contributed by atoms with E-state index >= 15 is 4.39 Å². The highest BCUT2D eigenvalue weighted by molar-refractivity contribution is 5.98. The maximum Gasteiger partial charge on any atom is 0.272 e. The third-order valence-electron chi connectivity index (χ3n) is 15.4. The minimum Gasteiger partial charge on any atom is -0.341 e. The molecule has 5 heterocycles. The van der Waals surface area contributed by atoms with E-state index in [0.29, 0.717) is 85.7 Å². The van der Waals surface area contributed by atoms with E-state index in [2.05, 4.69) is 31.8 Å². The first-order chi connectivity index (χ1) is 31.6. The second kappa shape index (κ2) is 20.0. The zero-order chi connectivity index (χ0) is 44.9. The third kappa shape index (κ3) is 10.2. The van der Waals surface area contributed by atoms with E-state index in [4.69, 9.17) is 0 Å². The summed E-state index contributed by atoms with van der Waals surface area (Å²) in [5.41, 5.74) is 3.00. The Morgan fingerprint density at radius 3 is 2.18 bits per heavy atom. The van der Waals surface area contributed by atoms with Gasteiger partial charge in [-0.3, -0.25) is 28.9 Å². The summed E-state index contributed by atoms with van der Waals surface area (Å²) in [5, 5.41) is 14.7. The van der Waals surface area contributed by atoms with E-state index in [1.807, 2.05) is 40.1 Å². The highest BCUT2D eigenvalue weighted by Crippen LogP contribution is 2.42. The molecule has 4 aromatic rings. The van der Waals surface area contributed by atoms with E-state index < -0.39 is 17.8 Å². The van der Waals surface area contributed by atoms with Crippen LogP contribution in [0.4, 0.5) is 4.39 Å². The number of piperazine rings is 1. The lowest BCUT2D eigenvalue weighted by Crippen LogP contribution is -2.56. The van der Waals surface area contributed by atoms with Crippen molar-refractivity contribution in [1.82, 2.24) is 40.4 Å². The molecule has 13 nitrogen and oxygen atoms in total. The van der Waals surface area contributed by atoms with Gasteiger partial charge in [-0.2, -0.15) is 5.10 Å². The maximum absolute atomic E-state index is 15.1. The van der Waals surface area contributed by atoms with Crippen LogP contribution >= 0.6 is 0 Å². The largest absolute Gasteiger partial charge is 0.341 e. The van der Waals surface area contributed by atoms with Crippen molar-refractivity contribution >= 4 is 34.4 Å². The number of benzene rings is 3. The highest BCUT2D eigenvalue weighted by Gasteiger charge is 2.42. The number of piperidine rings is 3. The number of halogens is 1. The molecule has 4 saturated heterocycles. The smallest absolute Gasteiger partial charge is 0.272 e. The molecule has 9 rings (SSSR count). The number of aromatic amines is 1. The number of likely N-dealkylation sites (tertiary alicyclic amines) is 2. The van der Waals surface area contributed by atoms with Gasteiger partial charge in [-0.15, -0.1) is 0 Å². The predicted octanol–water partition coefficient (Wildman–Crippen LogP) is 5.49. The predicted molar refractivity (Wildman–Crippen MR) is 247 cm³/mol. The molecule has 0 radical (unpaired) electrons. The number of carbonyl (C=O) groups is 4. The zero-order valence-electron chi connectivity index (χ0n) is 37.5. The van der Waals surface area contributed by atoms with Gasteiger partial charge in [0.1, 0.15) is 11.9 Å². The van der Waals surface area contributed by atoms with E-state index in [-0.39, 0.29) is 40.2 Å².